The van der Waals surface area contributed by atoms with Crippen LogP contribution in [0.3, 0.4) is 0 Å². The van der Waals surface area contributed by atoms with E-state index in [0.29, 0.717) is 24.4 Å². The third-order valence-corrected chi connectivity index (χ3v) is 6.06. The topological polar surface area (TPSA) is 75.7 Å². The summed E-state index contributed by atoms with van der Waals surface area (Å²) in [6, 6.07) is 10.3. The van der Waals surface area contributed by atoms with Gasteiger partial charge in [0.05, 0.1) is 7.11 Å². The maximum atomic E-state index is 12.9. The molecule has 6 nitrogen and oxygen atoms in total. The number of benzene rings is 2. The summed E-state index contributed by atoms with van der Waals surface area (Å²) in [5.41, 5.74) is 3.14. The van der Waals surface area contributed by atoms with Gasteiger partial charge in [-0.05, 0) is 61.2 Å². The fourth-order valence-electron chi connectivity index (χ4n) is 3.31. The number of nitrogens with one attached hydrogen (secondary N) is 1. The van der Waals surface area contributed by atoms with Crippen LogP contribution in [0.4, 0.5) is 11.4 Å². The Morgan fingerprint density at radius 1 is 1.22 bits per heavy atom. The fraction of sp³-hybridized carbons (Fsp3) is 0.350. The summed E-state index contributed by atoms with van der Waals surface area (Å²) >= 11 is 0. The van der Waals surface area contributed by atoms with Crippen LogP contribution < -0.4 is 14.4 Å². The molecular weight excluding hydrogens is 364 g/mol. The second kappa shape index (κ2) is 7.60. The minimum Gasteiger partial charge on any atom is -0.495 e. The molecule has 0 bridgehead atoms. The zero-order chi connectivity index (χ0) is 19.6. The third kappa shape index (κ3) is 3.93. The first-order chi connectivity index (χ1) is 12.9. The summed E-state index contributed by atoms with van der Waals surface area (Å²) in [7, 11) is -2.35. The molecule has 144 valence electrons. The summed E-state index contributed by atoms with van der Waals surface area (Å²) in [5.74, 6) is 0.375. The van der Waals surface area contributed by atoms with Crippen LogP contribution >= 0.6 is 0 Å². The van der Waals surface area contributed by atoms with E-state index in [1.165, 1.54) is 7.11 Å². The highest BCUT2D eigenvalue weighted by molar-refractivity contribution is 7.92. The first kappa shape index (κ1) is 19.2. The predicted octanol–water partition coefficient (Wildman–Crippen LogP) is 3.49. The van der Waals surface area contributed by atoms with Crippen LogP contribution in [0.1, 0.15) is 30.9 Å². The minimum atomic E-state index is -3.80. The quantitative estimate of drug-likeness (QED) is 0.851. The molecule has 27 heavy (non-hydrogen) atoms. The van der Waals surface area contributed by atoms with Crippen LogP contribution in [-0.2, 0) is 21.2 Å². The van der Waals surface area contributed by atoms with Crippen molar-refractivity contribution in [3.8, 4) is 5.75 Å². The number of hydrogen-bond acceptors (Lipinski definition) is 4. The lowest BCUT2D eigenvalue weighted by molar-refractivity contribution is -0.118. The molecule has 0 aromatic heterocycles. The standard InChI is InChI=1S/C20H24N2O4S/c1-4-20(23)22-11-5-6-15-13-16(8-9-17(15)22)21-27(24,25)19-12-14(2)7-10-18(19)26-3/h7-10,12-13,21H,4-6,11H2,1-3H3. The SMILES string of the molecule is CCC(=O)N1CCCc2cc(NS(=O)(=O)c3cc(C)ccc3OC)ccc21. The Morgan fingerprint density at radius 3 is 2.70 bits per heavy atom. The Hall–Kier alpha value is -2.54. The predicted molar refractivity (Wildman–Crippen MR) is 106 cm³/mol. The van der Waals surface area contributed by atoms with Crippen molar-refractivity contribution in [1.29, 1.82) is 0 Å². The molecule has 1 N–H and O–H groups in total. The van der Waals surface area contributed by atoms with E-state index >= 15 is 0 Å². The van der Waals surface area contributed by atoms with Crippen molar-refractivity contribution in [2.24, 2.45) is 0 Å². The number of sulfonamides is 1. The molecule has 0 spiro atoms. The number of nitrogens with zero attached hydrogens (tertiary/aromatic N) is 1. The van der Waals surface area contributed by atoms with Crippen molar-refractivity contribution in [3.63, 3.8) is 0 Å². The van der Waals surface area contributed by atoms with Gasteiger partial charge in [0.25, 0.3) is 10.0 Å². The number of anilines is 2. The monoisotopic (exact) mass is 388 g/mol. The molecule has 0 unspecified atom stereocenters. The Labute approximate surface area is 160 Å². The summed E-state index contributed by atoms with van der Waals surface area (Å²) in [6.07, 6.45) is 2.12. The summed E-state index contributed by atoms with van der Waals surface area (Å²) in [5, 5.41) is 0. The van der Waals surface area contributed by atoms with Gasteiger partial charge in [0.15, 0.2) is 0 Å². The minimum absolute atomic E-state index is 0.0776. The van der Waals surface area contributed by atoms with Crippen LogP contribution in [0.5, 0.6) is 5.75 Å². The number of carbonyl (C=O) groups is 1. The molecule has 2 aromatic carbocycles. The van der Waals surface area contributed by atoms with Crippen molar-refractivity contribution in [2.75, 3.05) is 23.3 Å². The molecule has 7 heteroatoms. The average molecular weight is 388 g/mol. The first-order valence-corrected chi connectivity index (χ1v) is 10.4. The van der Waals surface area contributed by atoms with E-state index in [1.807, 2.05) is 26.0 Å². The van der Waals surface area contributed by atoms with Crippen molar-refractivity contribution in [1.82, 2.24) is 0 Å². The van der Waals surface area contributed by atoms with Crippen LogP contribution in [-0.4, -0.2) is 28.0 Å². The Balaban J connectivity index is 1.93. The van der Waals surface area contributed by atoms with Crippen molar-refractivity contribution >= 4 is 27.3 Å². The van der Waals surface area contributed by atoms with Gasteiger partial charge in [-0.2, -0.15) is 0 Å². The number of hydrogen-bond donors (Lipinski definition) is 1. The van der Waals surface area contributed by atoms with Crippen LogP contribution in [0.2, 0.25) is 0 Å². The maximum absolute atomic E-state index is 12.9. The van der Waals surface area contributed by atoms with Crippen LogP contribution in [0, 0.1) is 6.92 Å². The van der Waals surface area contributed by atoms with Crippen molar-refractivity contribution in [3.05, 3.63) is 47.5 Å². The van der Waals surface area contributed by atoms with Gasteiger partial charge in [-0.15, -0.1) is 0 Å². The molecule has 1 heterocycles. The molecule has 1 amide bonds. The highest BCUT2D eigenvalue weighted by Crippen LogP contribution is 2.32. The highest BCUT2D eigenvalue weighted by Gasteiger charge is 2.24. The normalized spacial score (nSPS) is 13.8. The van der Waals surface area contributed by atoms with Gasteiger partial charge in [-0.3, -0.25) is 9.52 Å². The largest absolute Gasteiger partial charge is 0.495 e. The molecule has 0 saturated carbocycles. The Bertz CT molecular complexity index is 970. The van der Waals surface area contributed by atoms with Gasteiger partial charge in [0.2, 0.25) is 5.91 Å². The zero-order valence-corrected chi connectivity index (χ0v) is 16.6. The Morgan fingerprint density at radius 2 is 2.00 bits per heavy atom. The van der Waals surface area contributed by atoms with Crippen LogP contribution in [0.25, 0.3) is 0 Å². The lowest BCUT2D eigenvalue weighted by Crippen LogP contribution is -2.34. The average Bonchev–Trinajstić information content (AvgIpc) is 2.66. The van der Waals surface area contributed by atoms with Crippen molar-refractivity contribution in [2.45, 2.75) is 38.0 Å². The molecule has 0 saturated heterocycles. The Kier molecular flexibility index (Phi) is 5.41. The van der Waals surface area contributed by atoms with E-state index in [1.54, 1.807) is 29.2 Å². The number of carbonyl (C=O) groups excluding carboxylic acids is 1. The first-order valence-electron chi connectivity index (χ1n) is 8.96. The van der Waals surface area contributed by atoms with E-state index < -0.39 is 10.0 Å². The zero-order valence-electron chi connectivity index (χ0n) is 15.8. The van der Waals surface area contributed by atoms with Gasteiger partial charge in [0, 0.05) is 24.3 Å². The molecule has 2 aromatic rings. The second-order valence-electron chi connectivity index (χ2n) is 6.61. The fourth-order valence-corrected chi connectivity index (χ4v) is 4.62. The summed E-state index contributed by atoms with van der Waals surface area (Å²) in [4.78, 5) is 14.0. The lowest BCUT2D eigenvalue weighted by atomic mass is 10.0. The molecule has 0 fully saturated rings. The molecular formula is C20H24N2O4S. The molecule has 0 atom stereocenters. The smallest absolute Gasteiger partial charge is 0.265 e. The number of aryl methyl sites for hydroxylation is 2. The summed E-state index contributed by atoms with van der Waals surface area (Å²) in [6.45, 7) is 4.37. The number of ether oxygens (including phenoxy) is 1. The lowest BCUT2D eigenvalue weighted by Gasteiger charge is -2.29. The maximum Gasteiger partial charge on any atom is 0.265 e. The van der Waals surface area contributed by atoms with E-state index in [9.17, 15) is 13.2 Å². The van der Waals surface area contributed by atoms with Gasteiger partial charge in [-0.25, -0.2) is 8.42 Å². The van der Waals surface area contributed by atoms with E-state index in [0.717, 1.165) is 29.7 Å². The molecule has 0 radical (unpaired) electrons. The molecule has 3 rings (SSSR count). The number of methoxy groups -OCH3 is 1. The van der Waals surface area contributed by atoms with Gasteiger partial charge in [-0.1, -0.05) is 13.0 Å². The van der Waals surface area contributed by atoms with Gasteiger partial charge < -0.3 is 9.64 Å². The van der Waals surface area contributed by atoms with Gasteiger partial charge >= 0.3 is 0 Å². The van der Waals surface area contributed by atoms with Crippen molar-refractivity contribution < 1.29 is 17.9 Å². The summed E-state index contributed by atoms with van der Waals surface area (Å²) < 4.78 is 33.6. The molecule has 1 aliphatic rings. The van der Waals surface area contributed by atoms with E-state index in [2.05, 4.69) is 4.72 Å². The second-order valence-corrected chi connectivity index (χ2v) is 8.26. The van der Waals surface area contributed by atoms with Gasteiger partial charge in [0.1, 0.15) is 10.6 Å². The van der Waals surface area contributed by atoms with E-state index in [-0.39, 0.29) is 10.8 Å². The highest BCUT2D eigenvalue weighted by atomic mass is 32.2. The molecule has 0 aliphatic carbocycles. The van der Waals surface area contributed by atoms with Crippen LogP contribution in [0.15, 0.2) is 41.3 Å². The number of fused-ring (bicyclic) bond motifs is 1. The third-order valence-electron chi connectivity index (χ3n) is 4.66. The number of rotatable bonds is 5. The molecule has 1 aliphatic heterocycles. The van der Waals surface area contributed by atoms with E-state index in [4.69, 9.17) is 4.74 Å². The number of amides is 1.